The van der Waals surface area contributed by atoms with Crippen molar-refractivity contribution in [1.82, 2.24) is 10.2 Å². The van der Waals surface area contributed by atoms with Crippen LogP contribution in [0.3, 0.4) is 0 Å². The van der Waals surface area contributed by atoms with E-state index in [4.69, 9.17) is 9.73 Å². The molecule has 6 heteroatoms. The van der Waals surface area contributed by atoms with Crippen molar-refractivity contribution in [3.63, 3.8) is 0 Å². The molecule has 1 aromatic rings. The van der Waals surface area contributed by atoms with Gasteiger partial charge in [-0.1, -0.05) is 43.2 Å². The van der Waals surface area contributed by atoms with E-state index in [0.29, 0.717) is 13.2 Å². The van der Waals surface area contributed by atoms with E-state index in [1.165, 1.54) is 25.7 Å². The summed E-state index contributed by atoms with van der Waals surface area (Å²) in [7, 11) is 0. The Hall–Kier alpha value is -0.860. The van der Waals surface area contributed by atoms with E-state index in [1.54, 1.807) is 0 Å². The summed E-state index contributed by atoms with van der Waals surface area (Å²) in [5.41, 5.74) is 1.13. The Morgan fingerprint density at radius 2 is 1.86 bits per heavy atom. The number of hydrogen-bond donors (Lipinski definition) is 2. The van der Waals surface area contributed by atoms with Crippen molar-refractivity contribution < 1.29 is 9.84 Å². The number of fused-ring (bicyclic) bond motifs is 1. The van der Waals surface area contributed by atoms with Crippen LogP contribution in [0.2, 0.25) is 0 Å². The topological polar surface area (TPSA) is 57.1 Å². The molecule has 2 aliphatic rings. The standard InChI is InChI=1S/C22H35N3O2.HI/c1-3-23-22(25-14-19-11-7-8-12-20(19)15-25)24-13-21(26)16-27-17(2)18-9-5-4-6-10-18;/h4-6,9-10,17,19-21,26H,3,7-8,11-16H2,1-2H3,(H,23,24);1H. The SMILES string of the molecule is CCNC(=NCC(O)COC(C)c1ccccc1)N1CC2CCCCC2C1.I. The summed E-state index contributed by atoms with van der Waals surface area (Å²) >= 11 is 0. The van der Waals surface area contributed by atoms with Crippen molar-refractivity contribution >= 4 is 29.9 Å². The highest BCUT2D eigenvalue weighted by atomic mass is 127. The van der Waals surface area contributed by atoms with Crippen LogP contribution in [0.5, 0.6) is 0 Å². The fourth-order valence-corrected chi connectivity index (χ4v) is 4.32. The van der Waals surface area contributed by atoms with Gasteiger partial charge in [-0.05, 0) is 44.1 Å². The molecule has 4 atom stereocenters. The molecule has 3 rings (SSSR count). The van der Waals surface area contributed by atoms with E-state index >= 15 is 0 Å². The Kier molecular flexibility index (Phi) is 10.0. The van der Waals surface area contributed by atoms with Gasteiger partial charge in [0.05, 0.1) is 25.4 Å². The summed E-state index contributed by atoms with van der Waals surface area (Å²) in [5, 5.41) is 13.7. The molecule has 1 aliphatic heterocycles. The van der Waals surface area contributed by atoms with Crippen molar-refractivity contribution in [2.45, 2.75) is 51.7 Å². The zero-order chi connectivity index (χ0) is 19.1. The lowest BCUT2D eigenvalue weighted by molar-refractivity contribution is 0.00106. The fourth-order valence-electron chi connectivity index (χ4n) is 4.32. The molecule has 2 fully saturated rings. The smallest absolute Gasteiger partial charge is 0.194 e. The van der Waals surface area contributed by atoms with Gasteiger partial charge in [-0.25, -0.2) is 0 Å². The number of aliphatic hydroxyl groups is 1. The molecular formula is C22H36IN3O2. The van der Waals surface area contributed by atoms with E-state index in [9.17, 15) is 5.11 Å². The van der Waals surface area contributed by atoms with Gasteiger partial charge in [0.1, 0.15) is 0 Å². The molecule has 0 aromatic heterocycles. The summed E-state index contributed by atoms with van der Waals surface area (Å²) in [4.78, 5) is 7.10. The van der Waals surface area contributed by atoms with Gasteiger partial charge < -0.3 is 20.1 Å². The van der Waals surface area contributed by atoms with Gasteiger partial charge in [-0.15, -0.1) is 24.0 Å². The number of halogens is 1. The van der Waals surface area contributed by atoms with Gasteiger partial charge in [-0.3, -0.25) is 4.99 Å². The summed E-state index contributed by atoms with van der Waals surface area (Å²) in [6, 6.07) is 10.1. The van der Waals surface area contributed by atoms with Crippen molar-refractivity contribution in [2.24, 2.45) is 16.8 Å². The minimum Gasteiger partial charge on any atom is -0.389 e. The third-order valence-electron chi connectivity index (χ3n) is 5.87. The number of aliphatic hydroxyl groups excluding tert-OH is 1. The molecule has 1 aromatic carbocycles. The first-order valence-corrected chi connectivity index (χ1v) is 10.5. The molecule has 158 valence electrons. The highest BCUT2D eigenvalue weighted by molar-refractivity contribution is 14.0. The lowest BCUT2D eigenvalue weighted by Gasteiger charge is -2.22. The maximum Gasteiger partial charge on any atom is 0.194 e. The Bertz CT molecular complexity index is 585. The number of benzene rings is 1. The van der Waals surface area contributed by atoms with Crippen LogP contribution in [0.25, 0.3) is 0 Å². The van der Waals surface area contributed by atoms with Crippen molar-refractivity contribution in [2.75, 3.05) is 32.8 Å². The molecule has 28 heavy (non-hydrogen) atoms. The quantitative estimate of drug-likeness (QED) is 0.339. The average molecular weight is 501 g/mol. The Balaban J connectivity index is 0.00000280. The molecule has 4 unspecified atom stereocenters. The largest absolute Gasteiger partial charge is 0.389 e. The lowest BCUT2D eigenvalue weighted by atomic mass is 9.82. The number of hydrogen-bond acceptors (Lipinski definition) is 3. The predicted octanol–water partition coefficient (Wildman–Crippen LogP) is 3.83. The second kappa shape index (κ2) is 12.0. The molecule has 1 aliphatic carbocycles. The van der Waals surface area contributed by atoms with Crippen molar-refractivity contribution in [3.05, 3.63) is 35.9 Å². The first-order valence-electron chi connectivity index (χ1n) is 10.5. The molecule has 0 amide bonds. The highest BCUT2D eigenvalue weighted by Crippen LogP contribution is 2.35. The minimum atomic E-state index is -0.588. The van der Waals surface area contributed by atoms with Gasteiger partial charge >= 0.3 is 0 Å². The number of nitrogens with zero attached hydrogens (tertiary/aromatic N) is 2. The van der Waals surface area contributed by atoms with Gasteiger partial charge in [0.2, 0.25) is 0 Å². The Labute approximate surface area is 187 Å². The first-order chi connectivity index (χ1) is 13.2. The zero-order valence-corrected chi connectivity index (χ0v) is 19.5. The van der Waals surface area contributed by atoms with Crippen LogP contribution in [0.4, 0.5) is 0 Å². The van der Waals surface area contributed by atoms with Gasteiger partial charge in [0.25, 0.3) is 0 Å². The minimum absolute atomic E-state index is 0. The van der Waals surface area contributed by atoms with Crippen LogP contribution in [0, 0.1) is 11.8 Å². The second-order valence-corrected chi connectivity index (χ2v) is 7.94. The van der Waals surface area contributed by atoms with Gasteiger partial charge in [-0.2, -0.15) is 0 Å². The van der Waals surface area contributed by atoms with Crippen molar-refractivity contribution in [1.29, 1.82) is 0 Å². The Morgan fingerprint density at radius 1 is 1.21 bits per heavy atom. The van der Waals surface area contributed by atoms with E-state index in [0.717, 1.165) is 43.0 Å². The van der Waals surface area contributed by atoms with Gasteiger partial charge in [0.15, 0.2) is 5.96 Å². The summed E-state index contributed by atoms with van der Waals surface area (Å²) in [6.45, 7) is 7.84. The molecule has 0 radical (unpaired) electrons. The molecule has 0 bridgehead atoms. The molecule has 1 saturated carbocycles. The van der Waals surface area contributed by atoms with E-state index in [2.05, 4.69) is 17.1 Å². The second-order valence-electron chi connectivity index (χ2n) is 7.94. The molecule has 0 spiro atoms. The third kappa shape index (κ3) is 6.59. The number of guanidine groups is 1. The molecular weight excluding hydrogens is 465 g/mol. The Morgan fingerprint density at radius 3 is 2.46 bits per heavy atom. The third-order valence-corrected chi connectivity index (χ3v) is 5.87. The van der Waals surface area contributed by atoms with Crippen LogP contribution >= 0.6 is 24.0 Å². The molecule has 1 heterocycles. The number of likely N-dealkylation sites (tertiary alicyclic amines) is 1. The number of rotatable bonds is 7. The number of aliphatic imine (C=N–C) groups is 1. The first kappa shape index (κ1) is 23.4. The van der Waals surface area contributed by atoms with Crippen LogP contribution in [0.1, 0.15) is 51.2 Å². The van der Waals surface area contributed by atoms with Crippen LogP contribution in [-0.4, -0.2) is 54.9 Å². The molecule has 5 nitrogen and oxygen atoms in total. The highest BCUT2D eigenvalue weighted by Gasteiger charge is 2.35. The lowest BCUT2D eigenvalue weighted by Crippen LogP contribution is -2.41. The number of nitrogens with one attached hydrogen (secondary N) is 1. The van der Waals surface area contributed by atoms with Crippen molar-refractivity contribution in [3.8, 4) is 0 Å². The van der Waals surface area contributed by atoms with Crippen LogP contribution in [-0.2, 0) is 4.74 Å². The van der Waals surface area contributed by atoms with Gasteiger partial charge in [0, 0.05) is 19.6 Å². The summed E-state index contributed by atoms with van der Waals surface area (Å²) in [5.74, 6) is 2.59. The fraction of sp³-hybridized carbons (Fsp3) is 0.682. The van der Waals surface area contributed by atoms with Crippen LogP contribution in [0.15, 0.2) is 35.3 Å². The number of ether oxygens (including phenoxy) is 1. The molecule has 1 saturated heterocycles. The van der Waals surface area contributed by atoms with E-state index in [-0.39, 0.29) is 30.1 Å². The van der Waals surface area contributed by atoms with E-state index in [1.807, 2.05) is 37.3 Å². The summed E-state index contributed by atoms with van der Waals surface area (Å²) < 4.78 is 5.83. The maximum absolute atomic E-state index is 10.3. The molecule has 2 N–H and O–H groups in total. The summed E-state index contributed by atoms with van der Waals surface area (Å²) in [6.07, 6.45) is 4.84. The maximum atomic E-state index is 10.3. The monoisotopic (exact) mass is 501 g/mol. The van der Waals surface area contributed by atoms with Crippen LogP contribution < -0.4 is 5.32 Å². The predicted molar refractivity (Wildman–Crippen MR) is 125 cm³/mol. The normalized spacial score (nSPS) is 24.2. The zero-order valence-electron chi connectivity index (χ0n) is 17.2. The average Bonchev–Trinajstić information content (AvgIpc) is 3.14. The van der Waals surface area contributed by atoms with E-state index < -0.39 is 6.10 Å².